The highest BCUT2D eigenvalue weighted by Gasteiger charge is 2.15. The molecule has 0 bridgehead atoms. The van der Waals surface area contributed by atoms with Crippen LogP contribution in [0, 0.1) is 6.92 Å². The van der Waals surface area contributed by atoms with Crippen LogP contribution in [0.25, 0.3) is 21.9 Å². The van der Waals surface area contributed by atoms with Gasteiger partial charge in [0.25, 0.3) is 0 Å². The number of fused-ring (bicyclic) bond motifs is 3. The Morgan fingerprint density at radius 2 is 1.86 bits per heavy atom. The Bertz CT molecular complexity index is 1000. The molecule has 1 aromatic carbocycles. The molecule has 3 aromatic rings. The molecule has 2 N–H and O–H groups in total. The Hall–Kier alpha value is -2.44. The first kappa shape index (κ1) is 15.9. The van der Waals surface area contributed by atoms with Gasteiger partial charge in [0, 0.05) is 11.5 Å². The predicted octanol–water partition coefficient (Wildman–Crippen LogP) is 1.77. The molecule has 2 aromatic heterocycles. The molecule has 0 unspecified atom stereocenters. The SMILES string of the molecule is Cc1cc(=O)oc2c1ccc1oc(=O)c(C(=O)CN)cc12.Cl. The number of carbonyl (C=O) groups excluding carboxylic acids is 1. The number of hydrogen-bond donors (Lipinski definition) is 1. The van der Waals surface area contributed by atoms with Crippen LogP contribution in [0.4, 0.5) is 0 Å². The number of rotatable bonds is 2. The van der Waals surface area contributed by atoms with Crippen molar-refractivity contribution >= 4 is 40.1 Å². The largest absolute Gasteiger partial charge is 0.422 e. The fraction of sp³-hybridized carbons (Fsp3) is 0.133. The number of carbonyl (C=O) groups is 1. The van der Waals surface area contributed by atoms with Gasteiger partial charge in [0.05, 0.1) is 11.9 Å². The van der Waals surface area contributed by atoms with Crippen LogP contribution < -0.4 is 17.0 Å². The maximum absolute atomic E-state index is 11.8. The summed E-state index contributed by atoms with van der Waals surface area (Å²) in [5.41, 5.74) is 5.12. The number of benzene rings is 1. The molecule has 114 valence electrons. The molecule has 2 heterocycles. The van der Waals surface area contributed by atoms with Gasteiger partial charge in [-0.2, -0.15) is 0 Å². The third-order valence-corrected chi connectivity index (χ3v) is 3.31. The van der Waals surface area contributed by atoms with Crippen molar-refractivity contribution in [1.29, 1.82) is 0 Å². The fourth-order valence-electron chi connectivity index (χ4n) is 2.27. The standard InChI is InChI=1S/C15H11NO5.ClH/c1-7-4-13(18)21-14-8(7)2-3-12-10(14)5-9(11(17)6-16)15(19)20-12;/h2-5H,6,16H2,1H3;1H. The number of nitrogens with two attached hydrogens (primary N) is 1. The molecule has 0 amide bonds. The molecule has 0 fully saturated rings. The van der Waals surface area contributed by atoms with Crippen molar-refractivity contribution in [3.05, 3.63) is 56.2 Å². The summed E-state index contributed by atoms with van der Waals surface area (Å²) in [6.45, 7) is 1.47. The molecule has 7 heteroatoms. The monoisotopic (exact) mass is 321 g/mol. The van der Waals surface area contributed by atoms with Crippen LogP contribution in [0.15, 0.2) is 42.7 Å². The Balaban J connectivity index is 0.00000176. The zero-order chi connectivity index (χ0) is 15.1. The number of Topliss-reactive ketones (excluding diaryl/α,β-unsaturated/α-hetero) is 1. The van der Waals surface area contributed by atoms with Gasteiger partial charge in [-0.25, -0.2) is 9.59 Å². The first-order valence-corrected chi connectivity index (χ1v) is 6.26. The van der Waals surface area contributed by atoms with Gasteiger partial charge in [-0.05, 0) is 30.7 Å². The van der Waals surface area contributed by atoms with Crippen molar-refractivity contribution in [1.82, 2.24) is 0 Å². The van der Waals surface area contributed by atoms with Crippen molar-refractivity contribution in [3.8, 4) is 0 Å². The quantitative estimate of drug-likeness (QED) is 0.438. The molecule has 0 aliphatic heterocycles. The van der Waals surface area contributed by atoms with E-state index in [4.69, 9.17) is 14.6 Å². The van der Waals surface area contributed by atoms with Crippen LogP contribution in [0.2, 0.25) is 0 Å². The van der Waals surface area contributed by atoms with Crippen LogP contribution >= 0.6 is 12.4 Å². The lowest BCUT2D eigenvalue weighted by Crippen LogP contribution is -2.21. The lowest BCUT2D eigenvalue weighted by molar-refractivity contribution is 0.0998. The molecular weight excluding hydrogens is 310 g/mol. The third kappa shape index (κ3) is 2.43. The molecule has 0 saturated heterocycles. The topological polar surface area (TPSA) is 104 Å². The van der Waals surface area contributed by atoms with Crippen LogP contribution in [0.3, 0.4) is 0 Å². The first-order valence-electron chi connectivity index (χ1n) is 6.26. The summed E-state index contributed by atoms with van der Waals surface area (Å²) >= 11 is 0. The van der Waals surface area contributed by atoms with Gasteiger partial charge in [-0.3, -0.25) is 4.79 Å². The molecule has 0 saturated carbocycles. The van der Waals surface area contributed by atoms with Crippen molar-refractivity contribution in [2.45, 2.75) is 6.92 Å². The molecule has 0 atom stereocenters. The molecule has 3 rings (SSSR count). The van der Waals surface area contributed by atoms with E-state index >= 15 is 0 Å². The van der Waals surface area contributed by atoms with Gasteiger partial charge in [-0.1, -0.05) is 0 Å². The Morgan fingerprint density at radius 3 is 2.55 bits per heavy atom. The summed E-state index contributed by atoms with van der Waals surface area (Å²) < 4.78 is 10.3. The lowest BCUT2D eigenvalue weighted by atomic mass is 10.1. The first-order chi connectivity index (χ1) is 10.0. The van der Waals surface area contributed by atoms with Crippen molar-refractivity contribution in [3.63, 3.8) is 0 Å². The normalized spacial score (nSPS) is 10.6. The molecule has 0 radical (unpaired) electrons. The van der Waals surface area contributed by atoms with Gasteiger partial charge in [0.1, 0.15) is 16.7 Å². The minimum atomic E-state index is -0.757. The second-order valence-electron chi connectivity index (χ2n) is 4.68. The number of halogens is 1. The summed E-state index contributed by atoms with van der Waals surface area (Å²) in [5, 5.41) is 1.10. The molecule has 0 spiro atoms. The third-order valence-electron chi connectivity index (χ3n) is 3.31. The number of hydrogen-bond acceptors (Lipinski definition) is 6. The van der Waals surface area contributed by atoms with Crippen LogP contribution in [0.5, 0.6) is 0 Å². The van der Waals surface area contributed by atoms with Gasteiger partial charge in [-0.15, -0.1) is 12.4 Å². The van der Waals surface area contributed by atoms with Crippen molar-refractivity contribution in [2.24, 2.45) is 5.73 Å². The zero-order valence-corrected chi connectivity index (χ0v) is 12.4. The van der Waals surface area contributed by atoms with Gasteiger partial charge in [0.15, 0.2) is 5.78 Å². The summed E-state index contributed by atoms with van der Waals surface area (Å²) in [4.78, 5) is 35.0. The summed E-state index contributed by atoms with van der Waals surface area (Å²) in [6.07, 6.45) is 0. The van der Waals surface area contributed by atoms with Crippen LogP contribution in [0.1, 0.15) is 15.9 Å². The summed E-state index contributed by atoms with van der Waals surface area (Å²) in [6, 6.07) is 6.03. The highest BCUT2D eigenvalue weighted by molar-refractivity contribution is 6.06. The number of ketones is 1. The van der Waals surface area contributed by atoms with Gasteiger partial charge >= 0.3 is 11.3 Å². The van der Waals surface area contributed by atoms with E-state index in [0.717, 1.165) is 5.56 Å². The Labute approximate surface area is 129 Å². The van der Waals surface area contributed by atoms with E-state index in [1.54, 1.807) is 19.1 Å². The molecule has 22 heavy (non-hydrogen) atoms. The van der Waals surface area contributed by atoms with Crippen LogP contribution in [-0.4, -0.2) is 12.3 Å². The van der Waals surface area contributed by atoms with Crippen molar-refractivity contribution < 1.29 is 13.6 Å². The van der Waals surface area contributed by atoms with E-state index < -0.39 is 17.0 Å². The van der Waals surface area contributed by atoms with E-state index in [1.807, 2.05) is 0 Å². The van der Waals surface area contributed by atoms with Crippen LogP contribution in [-0.2, 0) is 0 Å². The molecule has 6 nitrogen and oxygen atoms in total. The highest BCUT2D eigenvalue weighted by Crippen LogP contribution is 2.26. The van der Waals surface area contributed by atoms with Gasteiger partial charge in [0.2, 0.25) is 0 Å². The van der Waals surface area contributed by atoms with E-state index in [2.05, 4.69) is 0 Å². The zero-order valence-electron chi connectivity index (χ0n) is 11.5. The molecular formula is C15H12ClNO5. The minimum Gasteiger partial charge on any atom is -0.422 e. The predicted molar refractivity (Wildman–Crippen MR) is 83.9 cm³/mol. The fourth-order valence-corrected chi connectivity index (χ4v) is 2.27. The second-order valence-corrected chi connectivity index (χ2v) is 4.68. The summed E-state index contributed by atoms with van der Waals surface area (Å²) in [5.74, 6) is -0.530. The van der Waals surface area contributed by atoms with Crippen molar-refractivity contribution in [2.75, 3.05) is 6.54 Å². The highest BCUT2D eigenvalue weighted by atomic mass is 35.5. The lowest BCUT2D eigenvalue weighted by Gasteiger charge is -2.05. The average Bonchev–Trinajstić information content (AvgIpc) is 2.45. The maximum atomic E-state index is 11.8. The van der Waals surface area contributed by atoms with E-state index in [-0.39, 0.29) is 35.7 Å². The Kier molecular flexibility index (Phi) is 4.16. The van der Waals surface area contributed by atoms with E-state index in [1.165, 1.54) is 12.1 Å². The maximum Gasteiger partial charge on any atom is 0.347 e. The second kappa shape index (κ2) is 5.75. The molecule has 0 aliphatic rings. The Morgan fingerprint density at radius 1 is 1.14 bits per heavy atom. The summed E-state index contributed by atoms with van der Waals surface area (Å²) in [7, 11) is 0. The average molecular weight is 322 g/mol. The van der Waals surface area contributed by atoms with E-state index in [9.17, 15) is 14.4 Å². The number of aryl methyl sites for hydroxylation is 1. The molecule has 0 aliphatic carbocycles. The minimum absolute atomic E-state index is 0. The van der Waals surface area contributed by atoms with E-state index in [0.29, 0.717) is 10.8 Å². The van der Waals surface area contributed by atoms with Gasteiger partial charge < -0.3 is 14.6 Å². The smallest absolute Gasteiger partial charge is 0.347 e.